The Morgan fingerprint density at radius 1 is 1.15 bits per heavy atom. The molecule has 0 saturated carbocycles. The van der Waals surface area contributed by atoms with Crippen molar-refractivity contribution in [2.75, 3.05) is 44.7 Å². The van der Waals surface area contributed by atoms with E-state index in [0.29, 0.717) is 0 Å². The quantitative estimate of drug-likeness (QED) is 0.762. The average molecular weight is 355 g/mol. The maximum Gasteiger partial charge on any atom is 0.158 e. The highest BCUT2D eigenvalue weighted by Crippen LogP contribution is 2.22. The number of halogens is 1. The molecule has 26 heavy (non-hydrogen) atoms. The predicted molar refractivity (Wildman–Crippen MR) is 98.9 cm³/mol. The Hall–Kier alpha value is -2.51. The van der Waals surface area contributed by atoms with E-state index >= 15 is 0 Å². The second-order valence-electron chi connectivity index (χ2n) is 6.47. The molecule has 136 valence electrons. The Morgan fingerprint density at radius 2 is 1.92 bits per heavy atom. The van der Waals surface area contributed by atoms with Crippen LogP contribution in [0.1, 0.15) is 5.69 Å². The second-order valence-corrected chi connectivity index (χ2v) is 6.47. The number of hydrogen-bond donors (Lipinski definition) is 1. The molecular formula is C19H22FN5O. The maximum atomic E-state index is 13.2. The monoisotopic (exact) mass is 355 g/mol. The van der Waals surface area contributed by atoms with Gasteiger partial charge in [0.2, 0.25) is 0 Å². The second kappa shape index (κ2) is 7.39. The minimum Gasteiger partial charge on any atom is -0.379 e. The molecule has 7 heteroatoms. The molecule has 1 fully saturated rings. The zero-order valence-corrected chi connectivity index (χ0v) is 14.8. The zero-order valence-electron chi connectivity index (χ0n) is 14.8. The molecule has 3 heterocycles. The van der Waals surface area contributed by atoms with Crippen LogP contribution in [0, 0.1) is 12.7 Å². The molecule has 0 atom stereocenters. The van der Waals surface area contributed by atoms with Crippen molar-refractivity contribution in [1.29, 1.82) is 0 Å². The third kappa shape index (κ3) is 3.68. The van der Waals surface area contributed by atoms with Crippen molar-refractivity contribution in [3.8, 4) is 11.3 Å². The highest BCUT2D eigenvalue weighted by atomic mass is 19.1. The summed E-state index contributed by atoms with van der Waals surface area (Å²) in [6.07, 6.45) is 0. The lowest BCUT2D eigenvalue weighted by Crippen LogP contribution is -2.39. The summed E-state index contributed by atoms with van der Waals surface area (Å²) in [4.78, 5) is 6.94. The van der Waals surface area contributed by atoms with Crippen LogP contribution in [0.25, 0.3) is 16.9 Å². The lowest BCUT2D eigenvalue weighted by molar-refractivity contribution is 0.0398. The minimum absolute atomic E-state index is 0.253. The fraction of sp³-hybridized carbons (Fsp3) is 0.368. The summed E-state index contributed by atoms with van der Waals surface area (Å²) in [6, 6.07) is 10.3. The van der Waals surface area contributed by atoms with Crippen molar-refractivity contribution in [3.05, 3.63) is 47.9 Å². The van der Waals surface area contributed by atoms with E-state index in [4.69, 9.17) is 4.74 Å². The van der Waals surface area contributed by atoms with Gasteiger partial charge in [-0.1, -0.05) is 0 Å². The molecule has 0 bridgehead atoms. The number of aromatic nitrogens is 3. The van der Waals surface area contributed by atoms with Crippen LogP contribution in [-0.2, 0) is 4.74 Å². The van der Waals surface area contributed by atoms with Gasteiger partial charge in [-0.3, -0.25) is 4.90 Å². The molecule has 6 nitrogen and oxygen atoms in total. The topological polar surface area (TPSA) is 54.7 Å². The van der Waals surface area contributed by atoms with Gasteiger partial charge in [0.15, 0.2) is 5.65 Å². The predicted octanol–water partition coefficient (Wildman–Crippen LogP) is 2.59. The van der Waals surface area contributed by atoms with Gasteiger partial charge < -0.3 is 10.1 Å². The molecule has 0 radical (unpaired) electrons. The summed E-state index contributed by atoms with van der Waals surface area (Å²) in [5.74, 6) is 0.658. The third-order valence-corrected chi connectivity index (χ3v) is 4.53. The molecule has 0 unspecified atom stereocenters. The molecule has 0 spiro atoms. The minimum atomic E-state index is -0.253. The van der Waals surface area contributed by atoms with Crippen molar-refractivity contribution in [3.63, 3.8) is 0 Å². The van der Waals surface area contributed by atoms with Crippen molar-refractivity contribution < 1.29 is 9.13 Å². The van der Waals surface area contributed by atoms with Gasteiger partial charge in [-0.15, -0.1) is 0 Å². The van der Waals surface area contributed by atoms with Crippen LogP contribution in [0.15, 0.2) is 36.4 Å². The van der Waals surface area contributed by atoms with E-state index in [1.54, 1.807) is 12.1 Å². The van der Waals surface area contributed by atoms with Gasteiger partial charge in [-0.25, -0.2) is 9.37 Å². The molecule has 0 amide bonds. The summed E-state index contributed by atoms with van der Waals surface area (Å²) in [6.45, 7) is 7.31. The molecule has 1 N–H and O–H groups in total. The molecular weight excluding hydrogens is 333 g/mol. The number of anilines is 1. The summed E-state index contributed by atoms with van der Waals surface area (Å²) in [5, 5.41) is 8.12. The van der Waals surface area contributed by atoms with Gasteiger partial charge in [0.05, 0.1) is 18.9 Å². The van der Waals surface area contributed by atoms with Crippen molar-refractivity contribution in [2.45, 2.75) is 6.92 Å². The highest BCUT2D eigenvalue weighted by molar-refractivity contribution is 5.65. The SMILES string of the molecule is Cc1cc(NCCN2CCOCC2)n2nc(-c3ccc(F)cc3)cc2n1. The van der Waals surface area contributed by atoms with E-state index in [-0.39, 0.29) is 5.82 Å². The van der Waals surface area contributed by atoms with Crippen LogP contribution < -0.4 is 5.32 Å². The standard InChI is InChI=1S/C19H22FN5O/c1-14-12-18(21-6-7-24-8-10-26-11-9-24)25-19(22-14)13-17(23-25)15-2-4-16(20)5-3-15/h2-5,12-13,21H,6-11H2,1H3. The Labute approximate surface area is 151 Å². The van der Waals surface area contributed by atoms with Crippen LogP contribution in [-0.4, -0.2) is 58.9 Å². The van der Waals surface area contributed by atoms with Gasteiger partial charge in [-0.2, -0.15) is 9.61 Å². The molecule has 3 aromatic rings. The molecule has 2 aromatic heterocycles. The normalized spacial score (nSPS) is 15.5. The number of morpholine rings is 1. The van der Waals surface area contributed by atoms with Crippen LogP contribution in [0.3, 0.4) is 0 Å². The molecule has 0 aliphatic carbocycles. The van der Waals surface area contributed by atoms with E-state index in [0.717, 1.165) is 67.8 Å². The van der Waals surface area contributed by atoms with E-state index in [9.17, 15) is 4.39 Å². The van der Waals surface area contributed by atoms with E-state index in [1.807, 2.05) is 23.6 Å². The van der Waals surface area contributed by atoms with E-state index in [1.165, 1.54) is 12.1 Å². The van der Waals surface area contributed by atoms with E-state index < -0.39 is 0 Å². The van der Waals surface area contributed by atoms with Crippen LogP contribution in [0.2, 0.25) is 0 Å². The summed E-state index contributed by atoms with van der Waals surface area (Å²) in [7, 11) is 0. The van der Waals surface area contributed by atoms with Gasteiger partial charge in [0.25, 0.3) is 0 Å². The van der Waals surface area contributed by atoms with Crippen molar-refractivity contribution in [2.24, 2.45) is 0 Å². The first kappa shape index (κ1) is 16.9. The molecule has 1 saturated heterocycles. The largest absolute Gasteiger partial charge is 0.379 e. The molecule has 1 aromatic carbocycles. The molecule has 1 aliphatic heterocycles. The highest BCUT2D eigenvalue weighted by Gasteiger charge is 2.12. The average Bonchev–Trinajstić information content (AvgIpc) is 3.07. The first-order valence-corrected chi connectivity index (χ1v) is 8.86. The Kier molecular flexibility index (Phi) is 4.81. The number of hydrogen-bond acceptors (Lipinski definition) is 5. The summed E-state index contributed by atoms with van der Waals surface area (Å²) in [5.41, 5.74) is 3.35. The maximum absolute atomic E-state index is 13.2. The lowest BCUT2D eigenvalue weighted by Gasteiger charge is -2.26. The van der Waals surface area contributed by atoms with Gasteiger partial charge >= 0.3 is 0 Å². The smallest absolute Gasteiger partial charge is 0.158 e. The van der Waals surface area contributed by atoms with Crippen molar-refractivity contribution >= 4 is 11.5 Å². The van der Waals surface area contributed by atoms with E-state index in [2.05, 4.69) is 20.3 Å². The number of nitrogens with one attached hydrogen (secondary N) is 1. The van der Waals surface area contributed by atoms with Gasteiger partial charge in [0.1, 0.15) is 11.6 Å². The zero-order chi connectivity index (χ0) is 17.9. The Morgan fingerprint density at radius 3 is 2.69 bits per heavy atom. The third-order valence-electron chi connectivity index (χ3n) is 4.53. The Bertz CT molecular complexity index is 887. The number of ether oxygens (including phenoxy) is 1. The fourth-order valence-electron chi connectivity index (χ4n) is 3.15. The van der Waals surface area contributed by atoms with Gasteiger partial charge in [-0.05, 0) is 31.2 Å². The first-order valence-electron chi connectivity index (χ1n) is 8.86. The molecule has 1 aliphatic rings. The lowest BCUT2D eigenvalue weighted by atomic mass is 10.1. The van der Waals surface area contributed by atoms with Crippen LogP contribution in [0.4, 0.5) is 10.2 Å². The van der Waals surface area contributed by atoms with Crippen LogP contribution in [0.5, 0.6) is 0 Å². The number of fused-ring (bicyclic) bond motifs is 1. The number of benzene rings is 1. The van der Waals surface area contributed by atoms with Crippen LogP contribution >= 0.6 is 0 Å². The summed E-state index contributed by atoms with van der Waals surface area (Å²) >= 11 is 0. The first-order chi connectivity index (χ1) is 12.7. The number of rotatable bonds is 5. The number of aryl methyl sites for hydroxylation is 1. The van der Waals surface area contributed by atoms with Crippen molar-refractivity contribution in [1.82, 2.24) is 19.5 Å². The summed E-state index contributed by atoms with van der Waals surface area (Å²) < 4.78 is 20.3. The van der Waals surface area contributed by atoms with Gasteiger partial charge in [0, 0.05) is 49.6 Å². The Balaban J connectivity index is 1.54. The fourth-order valence-corrected chi connectivity index (χ4v) is 3.15. The molecule has 4 rings (SSSR count). The number of nitrogens with zero attached hydrogens (tertiary/aromatic N) is 4.